The van der Waals surface area contributed by atoms with Gasteiger partial charge in [-0.25, -0.2) is 0 Å². The van der Waals surface area contributed by atoms with Crippen molar-refractivity contribution in [1.82, 2.24) is 9.47 Å². The molecule has 1 aromatic heterocycles. The van der Waals surface area contributed by atoms with Gasteiger partial charge in [-0.1, -0.05) is 0 Å². The van der Waals surface area contributed by atoms with E-state index in [4.69, 9.17) is 4.74 Å². The van der Waals surface area contributed by atoms with Crippen molar-refractivity contribution in [1.29, 1.82) is 5.26 Å². The van der Waals surface area contributed by atoms with Crippen molar-refractivity contribution >= 4 is 23.2 Å². The molecule has 1 aliphatic heterocycles. The van der Waals surface area contributed by atoms with Crippen LogP contribution in [0, 0.1) is 25.2 Å². The molecule has 0 spiro atoms. The van der Waals surface area contributed by atoms with Crippen molar-refractivity contribution in [3.05, 3.63) is 87.3 Å². The van der Waals surface area contributed by atoms with Crippen LogP contribution < -0.4 is 20.5 Å². The number of amides is 2. The molecule has 2 amide bonds. The number of ether oxygens (including phenoxy) is 1. The number of nitriles is 1. The highest BCUT2D eigenvalue weighted by atomic mass is 16.5. The van der Waals surface area contributed by atoms with Gasteiger partial charge in [0.15, 0.2) is 0 Å². The second kappa shape index (κ2) is 11.0. The molecule has 37 heavy (non-hydrogen) atoms. The summed E-state index contributed by atoms with van der Waals surface area (Å²) in [6.07, 6.45) is 0. The Morgan fingerprint density at radius 1 is 1.00 bits per heavy atom. The van der Waals surface area contributed by atoms with E-state index in [1.165, 1.54) is 4.57 Å². The molecule has 1 saturated heterocycles. The molecular formula is C28H29N5O4. The number of anilines is 2. The molecule has 1 fully saturated rings. The van der Waals surface area contributed by atoms with Crippen LogP contribution in [0.15, 0.2) is 59.4 Å². The molecule has 0 bridgehead atoms. The number of aryl methyl sites for hydroxylation is 2. The van der Waals surface area contributed by atoms with Gasteiger partial charge < -0.3 is 24.4 Å². The Morgan fingerprint density at radius 3 is 2.24 bits per heavy atom. The first-order valence-electron chi connectivity index (χ1n) is 12.0. The Labute approximate surface area is 215 Å². The predicted molar refractivity (Wildman–Crippen MR) is 141 cm³/mol. The number of benzene rings is 2. The zero-order valence-corrected chi connectivity index (χ0v) is 21.2. The first kappa shape index (κ1) is 25.5. The molecular weight excluding hydrogens is 470 g/mol. The fourth-order valence-corrected chi connectivity index (χ4v) is 4.44. The Morgan fingerprint density at radius 2 is 1.65 bits per heavy atom. The van der Waals surface area contributed by atoms with E-state index in [2.05, 4.69) is 10.2 Å². The normalized spacial score (nSPS) is 13.1. The lowest BCUT2D eigenvalue weighted by molar-refractivity contribution is -0.116. The average Bonchev–Trinajstić information content (AvgIpc) is 2.91. The molecule has 9 heteroatoms. The fraction of sp³-hybridized carbons (Fsp3) is 0.286. The summed E-state index contributed by atoms with van der Waals surface area (Å²) in [4.78, 5) is 42.2. The zero-order valence-electron chi connectivity index (χ0n) is 21.2. The van der Waals surface area contributed by atoms with Crippen LogP contribution in [0.4, 0.5) is 11.4 Å². The molecule has 2 aromatic carbocycles. The fourth-order valence-electron chi connectivity index (χ4n) is 4.44. The van der Waals surface area contributed by atoms with Gasteiger partial charge in [-0.05, 0) is 74.0 Å². The highest BCUT2D eigenvalue weighted by Gasteiger charge is 2.22. The summed E-state index contributed by atoms with van der Waals surface area (Å²) in [5, 5.41) is 12.0. The number of pyridine rings is 1. The number of methoxy groups -OCH3 is 1. The van der Waals surface area contributed by atoms with Crippen LogP contribution in [0.2, 0.25) is 0 Å². The SMILES string of the molecule is COc1ccc(N2CCN(C(=O)c3ccc(NC(=O)Cn4c(C)cc(C)c(C#N)c4=O)cc3)CC2)cc1. The summed E-state index contributed by atoms with van der Waals surface area (Å²) in [6, 6.07) is 18.2. The number of hydrogen-bond acceptors (Lipinski definition) is 6. The number of aromatic nitrogens is 1. The van der Waals surface area contributed by atoms with E-state index in [9.17, 15) is 19.6 Å². The first-order chi connectivity index (χ1) is 17.8. The van der Waals surface area contributed by atoms with E-state index in [-0.39, 0.29) is 18.0 Å². The van der Waals surface area contributed by atoms with Crippen molar-refractivity contribution in [2.45, 2.75) is 20.4 Å². The summed E-state index contributed by atoms with van der Waals surface area (Å²) in [5.41, 5.74) is 2.90. The monoisotopic (exact) mass is 499 g/mol. The van der Waals surface area contributed by atoms with Gasteiger partial charge in [-0.3, -0.25) is 14.4 Å². The third-order valence-corrected chi connectivity index (χ3v) is 6.54. The van der Waals surface area contributed by atoms with Gasteiger partial charge in [0.1, 0.15) is 23.9 Å². The number of nitrogens with one attached hydrogen (secondary N) is 1. The van der Waals surface area contributed by atoms with E-state index < -0.39 is 11.5 Å². The van der Waals surface area contributed by atoms with Crippen LogP contribution in [-0.2, 0) is 11.3 Å². The maximum Gasteiger partial charge on any atom is 0.269 e. The number of hydrogen-bond donors (Lipinski definition) is 1. The van der Waals surface area contributed by atoms with Crippen molar-refractivity contribution in [3.8, 4) is 11.8 Å². The average molecular weight is 500 g/mol. The van der Waals surface area contributed by atoms with E-state index in [1.54, 1.807) is 51.3 Å². The molecule has 190 valence electrons. The van der Waals surface area contributed by atoms with Gasteiger partial charge in [-0.15, -0.1) is 0 Å². The minimum Gasteiger partial charge on any atom is -0.497 e. The standard InChI is InChI=1S/C28H29N5O4/c1-19-16-20(2)33(28(36)25(19)17-29)18-26(34)30-22-6-4-21(5-7-22)27(35)32-14-12-31(13-15-32)23-8-10-24(37-3)11-9-23/h4-11,16H,12-15,18H2,1-3H3,(H,30,34). The lowest BCUT2D eigenvalue weighted by Gasteiger charge is -2.36. The number of carbonyl (C=O) groups excluding carboxylic acids is 2. The molecule has 2 heterocycles. The van der Waals surface area contributed by atoms with Crippen LogP contribution in [-0.4, -0.2) is 54.6 Å². The lowest BCUT2D eigenvalue weighted by Crippen LogP contribution is -2.48. The Hall–Kier alpha value is -4.58. The van der Waals surface area contributed by atoms with E-state index >= 15 is 0 Å². The lowest BCUT2D eigenvalue weighted by atomic mass is 10.1. The van der Waals surface area contributed by atoms with Crippen molar-refractivity contribution < 1.29 is 14.3 Å². The number of nitrogens with zero attached hydrogens (tertiary/aromatic N) is 4. The van der Waals surface area contributed by atoms with Crippen molar-refractivity contribution in [2.24, 2.45) is 0 Å². The zero-order chi connectivity index (χ0) is 26.5. The molecule has 1 aliphatic rings. The van der Waals surface area contributed by atoms with Crippen LogP contribution >= 0.6 is 0 Å². The van der Waals surface area contributed by atoms with Crippen molar-refractivity contribution in [3.63, 3.8) is 0 Å². The molecule has 0 radical (unpaired) electrons. The molecule has 0 aliphatic carbocycles. The number of piperazine rings is 1. The first-order valence-corrected chi connectivity index (χ1v) is 12.0. The second-order valence-electron chi connectivity index (χ2n) is 8.95. The third-order valence-electron chi connectivity index (χ3n) is 6.54. The van der Waals surface area contributed by atoms with Gasteiger partial charge in [0.2, 0.25) is 5.91 Å². The smallest absolute Gasteiger partial charge is 0.269 e. The van der Waals surface area contributed by atoms with E-state index in [1.807, 2.05) is 35.2 Å². The Balaban J connectivity index is 1.34. The van der Waals surface area contributed by atoms with Crippen LogP contribution in [0.1, 0.15) is 27.2 Å². The summed E-state index contributed by atoms with van der Waals surface area (Å²) in [5.74, 6) is 0.356. The van der Waals surface area contributed by atoms with Crippen LogP contribution in [0.5, 0.6) is 5.75 Å². The van der Waals surface area contributed by atoms with Gasteiger partial charge in [0.05, 0.1) is 7.11 Å². The maximum atomic E-state index is 13.0. The van der Waals surface area contributed by atoms with Gasteiger partial charge >= 0.3 is 0 Å². The number of carbonyl (C=O) groups is 2. The molecule has 0 saturated carbocycles. The highest BCUT2D eigenvalue weighted by molar-refractivity contribution is 5.96. The highest BCUT2D eigenvalue weighted by Crippen LogP contribution is 2.21. The summed E-state index contributed by atoms with van der Waals surface area (Å²) < 4.78 is 6.50. The summed E-state index contributed by atoms with van der Waals surface area (Å²) >= 11 is 0. The summed E-state index contributed by atoms with van der Waals surface area (Å²) in [7, 11) is 1.64. The quantitative estimate of drug-likeness (QED) is 0.559. The van der Waals surface area contributed by atoms with Crippen LogP contribution in [0.3, 0.4) is 0 Å². The molecule has 9 nitrogen and oxygen atoms in total. The van der Waals surface area contributed by atoms with Gasteiger partial charge in [0, 0.05) is 48.8 Å². The summed E-state index contributed by atoms with van der Waals surface area (Å²) in [6.45, 7) is 5.90. The second-order valence-corrected chi connectivity index (χ2v) is 8.95. The largest absolute Gasteiger partial charge is 0.497 e. The molecule has 0 atom stereocenters. The third kappa shape index (κ3) is 5.64. The minimum absolute atomic E-state index is 0.0334. The minimum atomic E-state index is -0.483. The van der Waals surface area contributed by atoms with Crippen LogP contribution in [0.25, 0.3) is 0 Å². The molecule has 4 rings (SSSR count). The topological polar surface area (TPSA) is 108 Å². The Bertz CT molecular complexity index is 1400. The molecule has 0 unspecified atom stereocenters. The van der Waals surface area contributed by atoms with E-state index in [0.29, 0.717) is 35.6 Å². The Kier molecular flexibility index (Phi) is 7.58. The van der Waals surface area contributed by atoms with Gasteiger partial charge in [-0.2, -0.15) is 5.26 Å². The van der Waals surface area contributed by atoms with E-state index in [0.717, 1.165) is 24.5 Å². The predicted octanol–water partition coefficient (Wildman–Crippen LogP) is 2.95. The number of rotatable bonds is 6. The molecule has 1 N–H and O–H groups in total. The van der Waals surface area contributed by atoms with Gasteiger partial charge in [0.25, 0.3) is 11.5 Å². The van der Waals surface area contributed by atoms with Crippen molar-refractivity contribution in [2.75, 3.05) is 43.5 Å². The maximum absolute atomic E-state index is 13.0. The molecule has 3 aromatic rings.